The van der Waals surface area contributed by atoms with Gasteiger partial charge in [0.2, 0.25) is 0 Å². The molecular formula is C23H26N4O. The van der Waals surface area contributed by atoms with E-state index in [9.17, 15) is 0 Å². The SMILES string of the molecule is Cc1ccc(-c2ncc(CN(Cc3ccccn3)CC3CCCO3)cn2)cc1. The Morgan fingerprint density at radius 2 is 1.82 bits per heavy atom. The van der Waals surface area contributed by atoms with Gasteiger partial charge in [-0.15, -0.1) is 0 Å². The smallest absolute Gasteiger partial charge is 0.159 e. The molecule has 2 aromatic heterocycles. The quantitative estimate of drug-likeness (QED) is 0.625. The molecule has 1 aliphatic heterocycles. The zero-order valence-electron chi connectivity index (χ0n) is 16.3. The van der Waals surface area contributed by atoms with Crippen LogP contribution in [0.1, 0.15) is 29.7 Å². The molecular weight excluding hydrogens is 348 g/mol. The molecule has 5 heteroatoms. The van der Waals surface area contributed by atoms with Crippen molar-refractivity contribution in [1.29, 1.82) is 0 Å². The van der Waals surface area contributed by atoms with Crippen LogP contribution in [0.15, 0.2) is 61.1 Å². The van der Waals surface area contributed by atoms with Gasteiger partial charge in [0.1, 0.15) is 0 Å². The maximum Gasteiger partial charge on any atom is 0.159 e. The predicted octanol–water partition coefficient (Wildman–Crippen LogP) is 4.03. The third-order valence-corrected chi connectivity index (χ3v) is 5.02. The molecule has 144 valence electrons. The molecule has 0 spiro atoms. The van der Waals surface area contributed by atoms with Crippen LogP contribution in [0.5, 0.6) is 0 Å². The molecule has 1 aliphatic rings. The van der Waals surface area contributed by atoms with Gasteiger partial charge in [-0.1, -0.05) is 35.9 Å². The highest BCUT2D eigenvalue weighted by molar-refractivity contribution is 5.54. The van der Waals surface area contributed by atoms with Gasteiger partial charge in [0.05, 0.1) is 11.8 Å². The maximum absolute atomic E-state index is 5.85. The van der Waals surface area contributed by atoms with E-state index in [-0.39, 0.29) is 0 Å². The van der Waals surface area contributed by atoms with Crippen LogP contribution in [0, 0.1) is 6.92 Å². The number of benzene rings is 1. The molecule has 0 amide bonds. The van der Waals surface area contributed by atoms with Crippen LogP contribution in [0.4, 0.5) is 0 Å². The second-order valence-electron chi connectivity index (χ2n) is 7.41. The zero-order valence-corrected chi connectivity index (χ0v) is 16.3. The molecule has 1 saturated heterocycles. The number of nitrogens with zero attached hydrogens (tertiary/aromatic N) is 4. The first-order chi connectivity index (χ1) is 13.8. The number of pyridine rings is 1. The fourth-order valence-corrected chi connectivity index (χ4v) is 3.53. The Bertz CT molecular complexity index is 859. The molecule has 0 saturated carbocycles. The van der Waals surface area contributed by atoms with Crippen molar-refractivity contribution < 1.29 is 4.74 Å². The number of hydrogen-bond acceptors (Lipinski definition) is 5. The second kappa shape index (κ2) is 9.04. The van der Waals surface area contributed by atoms with Crippen LogP contribution in [-0.4, -0.2) is 39.1 Å². The van der Waals surface area contributed by atoms with Gasteiger partial charge in [-0.05, 0) is 31.9 Å². The van der Waals surface area contributed by atoms with Gasteiger partial charge < -0.3 is 4.74 Å². The van der Waals surface area contributed by atoms with Crippen LogP contribution in [0.3, 0.4) is 0 Å². The summed E-state index contributed by atoms with van der Waals surface area (Å²) in [7, 11) is 0. The molecule has 1 aromatic carbocycles. The molecule has 5 nitrogen and oxygen atoms in total. The molecule has 1 fully saturated rings. The van der Waals surface area contributed by atoms with E-state index >= 15 is 0 Å². The van der Waals surface area contributed by atoms with Crippen molar-refractivity contribution in [2.24, 2.45) is 0 Å². The number of rotatable bonds is 7. The molecule has 1 atom stereocenters. The molecule has 3 heterocycles. The van der Waals surface area contributed by atoms with Crippen LogP contribution in [-0.2, 0) is 17.8 Å². The summed E-state index contributed by atoms with van der Waals surface area (Å²) in [4.78, 5) is 16.0. The lowest BCUT2D eigenvalue weighted by atomic mass is 10.1. The average molecular weight is 374 g/mol. The molecule has 0 N–H and O–H groups in total. The normalized spacial score (nSPS) is 16.6. The van der Waals surface area contributed by atoms with Gasteiger partial charge in [-0.2, -0.15) is 0 Å². The predicted molar refractivity (Wildman–Crippen MR) is 110 cm³/mol. The number of ether oxygens (including phenoxy) is 1. The first kappa shape index (κ1) is 18.7. The van der Waals surface area contributed by atoms with E-state index in [1.165, 1.54) is 5.56 Å². The van der Waals surface area contributed by atoms with Gasteiger partial charge in [0.15, 0.2) is 5.82 Å². The van der Waals surface area contributed by atoms with E-state index in [0.717, 1.165) is 61.7 Å². The minimum absolute atomic E-state index is 0.302. The summed E-state index contributed by atoms with van der Waals surface area (Å²) in [6.45, 7) is 5.43. The lowest BCUT2D eigenvalue weighted by Crippen LogP contribution is -2.31. The first-order valence-corrected chi connectivity index (χ1v) is 9.88. The second-order valence-corrected chi connectivity index (χ2v) is 7.41. The Morgan fingerprint density at radius 3 is 2.50 bits per heavy atom. The standard InChI is InChI=1S/C23H26N4O/c1-18-7-9-20(10-8-18)23-25-13-19(14-26-23)15-27(17-22-6-4-12-28-22)16-21-5-2-3-11-24-21/h2-3,5,7-11,13-14,22H,4,6,12,15-17H2,1H3. The Labute approximate surface area is 166 Å². The summed E-state index contributed by atoms with van der Waals surface area (Å²) in [6, 6.07) is 14.4. The number of aromatic nitrogens is 3. The van der Waals surface area contributed by atoms with Gasteiger partial charge in [0.25, 0.3) is 0 Å². The van der Waals surface area contributed by atoms with Crippen LogP contribution in [0.2, 0.25) is 0 Å². The van der Waals surface area contributed by atoms with E-state index in [1.807, 2.05) is 30.7 Å². The summed E-state index contributed by atoms with van der Waals surface area (Å²) in [5, 5.41) is 0. The minimum atomic E-state index is 0.302. The highest BCUT2D eigenvalue weighted by Gasteiger charge is 2.20. The lowest BCUT2D eigenvalue weighted by Gasteiger charge is -2.24. The fourth-order valence-electron chi connectivity index (χ4n) is 3.53. The van der Waals surface area contributed by atoms with Crippen molar-refractivity contribution in [3.63, 3.8) is 0 Å². The van der Waals surface area contributed by atoms with Gasteiger partial charge in [-0.25, -0.2) is 9.97 Å². The molecule has 0 bridgehead atoms. The fraction of sp³-hybridized carbons (Fsp3) is 0.348. The van der Waals surface area contributed by atoms with E-state index in [2.05, 4.69) is 57.1 Å². The highest BCUT2D eigenvalue weighted by Crippen LogP contribution is 2.18. The van der Waals surface area contributed by atoms with Crippen molar-refractivity contribution in [2.75, 3.05) is 13.2 Å². The summed E-state index contributed by atoms with van der Waals surface area (Å²) in [6.07, 6.45) is 8.29. The van der Waals surface area contributed by atoms with Gasteiger partial charge in [-0.3, -0.25) is 9.88 Å². The average Bonchev–Trinajstić information content (AvgIpc) is 3.23. The van der Waals surface area contributed by atoms with E-state index in [4.69, 9.17) is 4.74 Å². The van der Waals surface area contributed by atoms with Crippen LogP contribution in [0.25, 0.3) is 11.4 Å². The van der Waals surface area contributed by atoms with Crippen molar-refractivity contribution in [3.05, 3.63) is 77.9 Å². The molecule has 3 aromatic rings. The van der Waals surface area contributed by atoms with Crippen LogP contribution < -0.4 is 0 Å². The van der Waals surface area contributed by atoms with Crippen molar-refractivity contribution in [3.8, 4) is 11.4 Å². The van der Waals surface area contributed by atoms with Gasteiger partial charge >= 0.3 is 0 Å². The Kier molecular flexibility index (Phi) is 6.04. The van der Waals surface area contributed by atoms with Crippen molar-refractivity contribution in [1.82, 2.24) is 19.9 Å². The van der Waals surface area contributed by atoms with Gasteiger partial charge in [0, 0.05) is 56.0 Å². The Morgan fingerprint density at radius 1 is 1.00 bits per heavy atom. The summed E-state index contributed by atoms with van der Waals surface area (Å²) in [5.41, 5.74) is 4.45. The molecule has 0 radical (unpaired) electrons. The molecule has 0 aliphatic carbocycles. The highest BCUT2D eigenvalue weighted by atomic mass is 16.5. The summed E-state index contributed by atoms with van der Waals surface area (Å²) in [5.74, 6) is 0.763. The summed E-state index contributed by atoms with van der Waals surface area (Å²) < 4.78 is 5.85. The third kappa shape index (κ3) is 5.00. The maximum atomic E-state index is 5.85. The zero-order chi connectivity index (χ0) is 19.2. The van der Waals surface area contributed by atoms with Crippen molar-refractivity contribution in [2.45, 2.75) is 39.0 Å². The molecule has 1 unspecified atom stereocenters. The molecule has 4 rings (SSSR count). The van der Waals surface area contributed by atoms with E-state index in [0.29, 0.717) is 6.10 Å². The first-order valence-electron chi connectivity index (χ1n) is 9.88. The largest absolute Gasteiger partial charge is 0.377 e. The third-order valence-electron chi connectivity index (χ3n) is 5.02. The van der Waals surface area contributed by atoms with E-state index in [1.54, 1.807) is 0 Å². The lowest BCUT2D eigenvalue weighted by molar-refractivity contribution is 0.0674. The Hall–Kier alpha value is -2.63. The van der Waals surface area contributed by atoms with E-state index < -0.39 is 0 Å². The number of hydrogen-bond donors (Lipinski definition) is 0. The number of aryl methyl sites for hydroxylation is 1. The topological polar surface area (TPSA) is 51.1 Å². The Balaban J connectivity index is 1.46. The molecule has 28 heavy (non-hydrogen) atoms. The minimum Gasteiger partial charge on any atom is -0.377 e. The monoisotopic (exact) mass is 374 g/mol. The summed E-state index contributed by atoms with van der Waals surface area (Å²) >= 11 is 0. The van der Waals surface area contributed by atoms with Crippen molar-refractivity contribution >= 4 is 0 Å². The van der Waals surface area contributed by atoms with Crippen LogP contribution >= 0.6 is 0 Å².